The van der Waals surface area contributed by atoms with Crippen LogP contribution < -0.4 is 5.32 Å². The Morgan fingerprint density at radius 3 is 2.83 bits per heavy atom. The fourth-order valence-electron chi connectivity index (χ4n) is 4.58. The summed E-state index contributed by atoms with van der Waals surface area (Å²) in [5.41, 5.74) is 4.23. The molecule has 0 unspecified atom stereocenters. The quantitative estimate of drug-likeness (QED) is 0.898. The van der Waals surface area contributed by atoms with E-state index in [1.54, 1.807) is 0 Å². The summed E-state index contributed by atoms with van der Waals surface area (Å²) in [4.78, 5) is 5.29. The smallest absolute Gasteiger partial charge is 0.0372 e. The SMILES string of the molecule is Cc1cc(CN2CCSCC2)ccc1N[C@H]1CCN2CCC[C@@H]2C1. The molecule has 3 saturated heterocycles. The van der Waals surface area contributed by atoms with Crippen molar-refractivity contribution >= 4 is 17.4 Å². The number of benzene rings is 1. The summed E-state index contributed by atoms with van der Waals surface area (Å²) >= 11 is 2.09. The van der Waals surface area contributed by atoms with Gasteiger partial charge >= 0.3 is 0 Å². The van der Waals surface area contributed by atoms with Crippen molar-refractivity contribution in [3.8, 4) is 0 Å². The van der Waals surface area contributed by atoms with Crippen molar-refractivity contribution in [3.63, 3.8) is 0 Å². The van der Waals surface area contributed by atoms with E-state index in [1.807, 2.05) is 0 Å². The lowest BCUT2D eigenvalue weighted by atomic mass is 9.97. The van der Waals surface area contributed by atoms with Gasteiger partial charge in [-0.05, 0) is 56.3 Å². The second kappa shape index (κ2) is 7.67. The molecule has 4 heteroatoms. The van der Waals surface area contributed by atoms with Crippen LogP contribution in [0.1, 0.15) is 36.8 Å². The maximum atomic E-state index is 3.85. The summed E-state index contributed by atoms with van der Waals surface area (Å²) in [5, 5.41) is 3.85. The number of nitrogens with one attached hydrogen (secondary N) is 1. The Bertz CT molecular complexity index is 556. The Morgan fingerprint density at radius 1 is 1.12 bits per heavy atom. The molecule has 0 saturated carbocycles. The number of thioether (sulfide) groups is 1. The molecule has 1 aromatic rings. The van der Waals surface area contributed by atoms with Crippen LogP contribution in [0.2, 0.25) is 0 Å². The Morgan fingerprint density at radius 2 is 2.00 bits per heavy atom. The van der Waals surface area contributed by atoms with Gasteiger partial charge in [0.05, 0.1) is 0 Å². The molecule has 0 spiro atoms. The van der Waals surface area contributed by atoms with Crippen LogP contribution in [0.3, 0.4) is 0 Å². The van der Waals surface area contributed by atoms with Crippen molar-refractivity contribution in [1.82, 2.24) is 9.80 Å². The number of fused-ring (bicyclic) bond motifs is 1. The molecule has 3 aliphatic rings. The number of hydrogen-bond donors (Lipinski definition) is 1. The van der Waals surface area contributed by atoms with E-state index in [-0.39, 0.29) is 0 Å². The molecule has 4 rings (SSSR count). The van der Waals surface area contributed by atoms with E-state index >= 15 is 0 Å². The lowest BCUT2D eigenvalue weighted by molar-refractivity contribution is 0.188. The van der Waals surface area contributed by atoms with Crippen molar-refractivity contribution in [3.05, 3.63) is 29.3 Å². The number of rotatable bonds is 4. The first kappa shape index (κ1) is 16.7. The number of nitrogens with zero attached hydrogens (tertiary/aromatic N) is 2. The van der Waals surface area contributed by atoms with E-state index < -0.39 is 0 Å². The largest absolute Gasteiger partial charge is 0.382 e. The third-order valence-electron chi connectivity index (χ3n) is 5.98. The van der Waals surface area contributed by atoms with Gasteiger partial charge < -0.3 is 10.2 Å². The highest BCUT2D eigenvalue weighted by Gasteiger charge is 2.31. The fraction of sp³-hybridized carbons (Fsp3) is 0.700. The van der Waals surface area contributed by atoms with Crippen molar-refractivity contribution in [1.29, 1.82) is 0 Å². The first-order valence-electron chi connectivity index (χ1n) is 9.68. The van der Waals surface area contributed by atoms with Crippen LogP contribution in [0.25, 0.3) is 0 Å². The van der Waals surface area contributed by atoms with Gasteiger partial charge in [-0.1, -0.05) is 12.1 Å². The van der Waals surface area contributed by atoms with E-state index in [4.69, 9.17) is 0 Å². The minimum Gasteiger partial charge on any atom is -0.382 e. The molecule has 0 bridgehead atoms. The molecule has 0 radical (unpaired) electrons. The van der Waals surface area contributed by atoms with Crippen LogP contribution in [0.5, 0.6) is 0 Å². The minimum absolute atomic E-state index is 0.660. The van der Waals surface area contributed by atoms with Crippen molar-refractivity contribution in [2.45, 2.75) is 51.2 Å². The fourth-order valence-corrected chi connectivity index (χ4v) is 5.56. The molecule has 1 N–H and O–H groups in total. The van der Waals surface area contributed by atoms with Crippen molar-refractivity contribution in [2.75, 3.05) is 43.0 Å². The Balaban J connectivity index is 1.35. The van der Waals surface area contributed by atoms with E-state index in [0.717, 1.165) is 12.6 Å². The summed E-state index contributed by atoms with van der Waals surface area (Å²) < 4.78 is 0. The van der Waals surface area contributed by atoms with Gasteiger partial charge in [0.2, 0.25) is 0 Å². The molecule has 3 fully saturated rings. The number of aryl methyl sites for hydroxylation is 1. The molecule has 1 aromatic carbocycles. The molecular formula is C20H31N3S. The van der Waals surface area contributed by atoms with E-state index in [1.165, 1.54) is 80.2 Å². The highest BCUT2D eigenvalue weighted by atomic mass is 32.2. The Labute approximate surface area is 151 Å². The predicted octanol–water partition coefficient (Wildman–Crippen LogP) is 3.58. The van der Waals surface area contributed by atoms with Crippen molar-refractivity contribution < 1.29 is 0 Å². The predicted molar refractivity (Wildman–Crippen MR) is 105 cm³/mol. The number of hydrogen-bond acceptors (Lipinski definition) is 4. The first-order chi connectivity index (χ1) is 11.8. The van der Waals surface area contributed by atoms with Crippen molar-refractivity contribution in [2.24, 2.45) is 0 Å². The second-order valence-corrected chi connectivity index (χ2v) is 8.96. The molecule has 3 heterocycles. The van der Waals surface area contributed by atoms with Gasteiger partial charge in [0.1, 0.15) is 0 Å². The molecule has 132 valence electrons. The lowest BCUT2D eigenvalue weighted by Crippen LogP contribution is -2.42. The highest BCUT2D eigenvalue weighted by Crippen LogP contribution is 2.29. The topological polar surface area (TPSA) is 18.5 Å². The zero-order valence-electron chi connectivity index (χ0n) is 15.0. The molecule has 2 atom stereocenters. The molecule has 0 aromatic heterocycles. The monoisotopic (exact) mass is 345 g/mol. The van der Waals surface area contributed by atoms with Gasteiger partial charge in [0.15, 0.2) is 0 Å². The van der Waals surface area contributed by atoms with Gasteiger partial charge in [-0.3, -0.25) is 4.90 Å². The first-order valence-corrected chi connectivity index (χ1v) is 10.8. The van der Waals surface area contributed by atoms with Gasteiger partial charge in [-0.15, -0.1) is 0 Å². The summed E-state index contributed by atoms with van der Waals surface area (Å²) in [6.07, 6.45) is 5.43. The molecule has 24 heavy (non-hydrogen) atoms. The number of piperidine rings is 1. The Hall–Kier alpha value is -0.710. The Kier molecular flexibility index (Phi) is 5.35. The normalized spacial score (nSPS) is 28.7. The van der Waals surface area contributed by atoms with E-state index in [0.29, 0.717) is 6.04 Å². The van der Waals surface area contributed by atoms with Crippen LogP contribution in [0, 0.1) is 6.92 Å². The highest BCUT2D eigenvalue weighted by molar-refractivity contribution is 7.99. The average Bonchev–Trinajstić information content (AvgIpc) is 3.06. The summed E-state index contributed by atoms with van der Waals surface area (Å²) in [6.45, 7) is 8.48. The summed E-state index contributed by atoms with van der Waals surface area (Å²) in [6, 6.07) is 8.56. The van der Waals surface area contributed by atoms with Crippen LogP contribution in [-0.4, -0.2) is 59.6 Å². The molecule has 0 aliphatic carbocycles. The maximum Gasteiger partial charge on any atom is 0.0372 e. The molecular weight excluding hydrogens is 314 g/mol. The average molecular weight is 346 g/mol. The molecule has 0 amide bonds. The van der Waals surface area contributed by atoms with Crippen LogP contribution in [0.4, 0.5) is 5.69 Å². The number of anilines is 1. The third kappa shape index (κ3) is 3.92. The van der Waals surface area contributed by atoms with Gasteiger partial charge in [0.25, 0.3) is 0 Å². The lowest BCUT2D eigenvalue weighted by Gasteiger charge is -2.36. The minimum atomic E-state index is 0.660. The second-order valence-electron chi connectivity index (χ2n) is 7.74. The van der Waals surface area contributed by atoms with Crippen LogP contribution in [0.15, 0.2) is 18.2 Å². The van der Waals surface area contributed by atoms with Crippen LogP contribution >= 0.6 is 11.8 Å². The third-order valence-corrected chi connectivity index (χ3v) is 6.92. The van der Waals surface area contributed by atoms with Gasteiger partial charge in [-0.2, -0.15) is 11.8 Å². The maximum absolute atomic E-state index is 3.85. The van der Waals surface area contributed by atoms with Crippen LogP contribution in [-0.2, 0) is 6.54 Å². The molecule has 3 aliphatic heterocycles. The van der Waals surface area contributed by atoms with Gasteiger partial charge in [-0.25, -0.2) is 0 Å². The van der Waals surface area contributed by atoms with E-state index in [9.17, 15) is 0 Å². The summed E-state index contributed by atoms with van der Waals surface area (Å²) in [7, 11) is 0. The summed E-state index contributed by atoms with van der Waals surface area (Å²) in [5.74, 6) is 2.58. The van der Waals surface area contributed by atoms with Gasteiger partial charge in [0, 0.05) is 55.5 Å². The van der Waals surface area contributed by atoms with E-state index in [2.05, 4.69) is 52.0 Å². The standard InChI is InChI=1S/C20H31N3S/c1-16-13-17(15-22-9-11-24-12-10-22)4-5-20(16)21-18-6-8-23-7-2-3-19(23)14-18/h4-5,13,18-19,21H,2-3,6-12,14-15H2,1H3/t18-,19+/m0/s1. The molecule has 3 nitrogen and oxygen atoms in total. The zero-order valence-corrected chi connectivity index (χ0v) is 15.8. The zero-order chi connectivity index (χ0) is 16.4.